The standard InChI is InChI=1S/C20H24N4O3/c1-5-27-15-7-6-12(8-16(15)26-4)18-17-13(9-20(2,3)10-14(17)25)23-19-21-11-22-24(18)19/h6-8,11,18H,5,9-10H2,1-4H3,(H,21,22,23)/t18-/m0/s1. The van der Waals surface area contributed by atoms with Crippen LogP contribution in [0.2, 0.25) is 0 Å². The van der Waals surface area contributed by atoms with Crippen LogP contribution in [0.1, 0.15) is 45.2 Å². The Bertz CT molecular complexity index is 929. The Balaban J connectivity index is 1.85. The summed E-state index contributed by atoms with van der Waals surface area (Å²) in [7, 11) is 1.62. The third-order valence-corrected chi connectivity index (χ3v) is 5.08. The number of Topliss-reactive ketones (excluding diaryl/α,β-unsaturated/α-hetero) is 1. The lowest BCUT2D eigenvalue weighted by Gasteiger charge is -2.38. The molecule has 1 atom stereocenters. The molecular weight excluding hydrogens is 344 g/mol. The van der Waals surface area contributed by atoms with E-state index in [1.54, 1.807) is 11.8 Å². The minimum absolute atomic E-state index is 0.0772. The molecule has 1 aromatic carbocycles. The van der Waals surface area contributed by atoms with E-state index in [-0.39, 0.29) is 17.2 Å². The zero-order chi connectivity index (χ0) is 19.2. The number of fused-ring (bicyclic) bond motifs is 1. The van der Waals surface area contributed by atoms with Crippen LogP contribution in [0.15, 0.2) is 35.8 Å². The minimum Gasteiger partial charge on any atom is -0.493 e. The van der Waals surface area contributed by atoms with Gasteiger partial charge in [-0.15, -0.1) is 0 Å². The molecule has 0 spiro atoms. The largest absolute Gasteiger partial charge is 0.493 e. The number of methoxy groups -OCH3 is 1. The summed E-state index contributed by atoms with van der Waals surface area (Å²) in [6, 6.07) is 5.44. The number of ketones is 1. The average molecular weight is 368 g/mol. The van der Waals surface area contributed by atoms with Crippen molar-refractivity contribution >= 4 is 11.7 Å². The number of ether oxygens (including phenoxy) is 2. The highest BCUT2D eigenvalue weighted by atomic mass is 16.5. The second-order valence-electron chi connectivity index (χ2n) is 7.73. The number of allylic oxidation sites excluding steroid dienone is 2. The Kier molecular flexibility index (Phi) is 4.17. The molecule has 27 heavy (non-hydrogen) atoms. The maximum Gasteiger partial charge on any atom is 0.226 e. The first-order chi connectivity index (χ1) is 12.9. The third kappa shape index (κ3) is 2.97. The summed E-state index contributed by atoms with van der Waals surface area (Å²) in [5.41, 5.74) is 2.55. The molecule has 1 aliphatic carbocycles. The zero-order valence-corrected chi connectivity index (χ0v) is 16.1. The molecule has 0 amide bonds. The average Bonchev–Trinajstić information content (AvgIpc) is 3.07. The maximum atomic E-state index is 13.1. The summed E-state index contributed by atoms with van der Waals surface area (Å²) in [6.07, 6.45) is 2.82. The molecule has 0 radical (unpaired) electrons. The van der Waals surface area contributed by atoms with Crippen molar-refractivity contribution in [2.45, 2.75) is 39.7 Å². The van der Waals surface area contributed by atoms with E-state index in [0.717, 1.165) is 23.3 Å². The topological polar surface area (TPSA) is 78.3 Å². The number of anilines is 1. The molecule has 0 bridgehead atoms. The highest BCUT2D eigenvalue weighted by Gasteiger charge is 2.41. The molecule has 4 rings (SSSR count). The third-order valence-electron chi connectivity index (χ3n) is 5.08. The smallest absolute Gasteiger partial charge is 0.226 e. The first kappa shape index (κ1) is 17.6. The highest BCUT2D eigenvalue weighted by molar-refractivity contribution is 6.00. The van der Waals surface area contributed by atoms with Crippen molar-refractivity contribution in [3.05, 3.63) is 41.4 Å². The fraction of sp³-hybridized carbons (Fsp3) is 0.450. The summed E-state index contributed by atoms with van der Waals surface area (Å²) < 4.78 is 12.9. The Morgan fingerprint density at radius 1 is 1.30 bits per heavy atom. The molecule has 1 aliphatic heterocycles. The van der Waals surface area contributed by atoms with Crippen LogP contribution in [0, 0.1) is 5.41 Å². The molecule has 1 aromatic heterocycles. The molecule has 142 valence electrons. The van der Waals surface area contributed by atoms with Gasteiger partial charge in [0.2, 0.25) is 5.95 Å². The van der Waals surface area contributed by atoms with Crippen LogP contribution in [0.25, 0.3) is 0 Å². The van der Waals surface area contributed by atoms with Crippen molar-refractivity contribution in [3.8, 4) is 11.5 Å². The molecule has 2 aliphatic rings. The molecule has 7 heteroatoms. The summed E-state index contributed by atoms with van der Waals surface area (Å²) >= 11 is 0. The number of benzene rings is 1. The van der Waals surface area contributed by atoms with Crippen LogP contribution < -0.4 is 14.8 Å². The lowest BCUT2D eigenvalue weighted by molar-refractivity contribution is -0.118. The van der Waals surface area contributed by atoms with Crippen LogP contribution in [0.4, 0.5) is 5.95 Å². The van der Waals surface area contributed by atoms with E-state index >= 15 is 0 Å². The van der Waals surface area contributed by atoms with Gasteiger partial charge in [0.1, 0.15) is 12.4 Å². The predicted molar refractivity (Wildman–Crippen MR) is 101 cm³/mol. The van der Waals surface area contributed by atoms with Gasteiger partial charge < -0.3 is 14.8 Å². The van der Waals surface area contributed by atoms with Gasteiger partial charge >= 0.3 is 0 Å². The van der Waals surface area contributed by atoms with E-state index in [1.807, 2.05) is 25.1 Å². The second kappa shape index (κ2) is 6.40. The lowest BCUT2D eigenvalue weighted by atomic mass is 9.73. The van der Waals surface area contributed by atoms with E-state index in [9.17, 15) is 4.79 Å². The molecule has 1 N–H and O–H groups in total. The summed E-state index contributed by atoms with van der Waals surface area (Å²) in [5.74, 6) is 2.12. The number of hydrogen-bond acceptors (Lipinski definition) is 6. The molecule has 0 fully saturated rings. The summed E-state index contributed by atoms with van der Waals surface area (Å²) in [4.78, 5) is 17.4. The number of hydrogen-bond donors (Lipinski definition) is 1. The SMILES string of the molecule is CCOc1ccc([C@H]2C3=C(CC(C)(C)CC3=O)Nc3ncnn32)cc1OC. The van der Waals surface area contributed by atoms with Gasteiger partial charge in [0.25, 0.3) is 0 Å². The molecule has 0 unspecified atom stereocenters. The number of aromatic nitrogens is 3. The van der Waals surface area contributed by atoms with Crippen LogP contribution >= 0.6 is 0 Å². The van der Waals surface area contributed by atoms with Crippen molar-refractivity contribution in [2.24, 2.45) is 5.41 Å². The Morgan fingerprint density at radius 3 is 2.85 bits per heavy atom. The van der Waals surface area contributed by atoms with Crippen molar-refractivity contribution in [1.29, 1.82) is 0 Å². The summed E-state index contributed by atoms with van der Waals surface area (Å²) in [6.45, 7) is 6.72. The van der Waals surface area contributed by atoms with Gasteiger partial charge in [0.05, 0.1) is 13.7 Å². The van der Waals surface area contributed by atoms with Gasteiger partial charge in [-0.1, -0.05) is 19.9 Å². The van der Waals surface area contributed by atoms with E-state index in [2.05, 4.69) is 29.2 Å². The van der Waals surface area contributed by atoms with E-state index in [4.69, 9.17) is 9.47 Å². The monoisotopic (exact) mass is 368 g/mol. The van der Waals surface area contributed by atoms with Crippen LogP contribution in [-0.4, -0.2) is 34.3 Å². The van der Waals surface area contributed by atoms with E-state index < -0.39 is 0 Å². The van der Waals surface area contributed by atoms with Gasteiger partial charge in [-0.05, 0) is 36.5 Å². The molecule has 0 saturated carbocycles. The number of nitrogens with one attached hydrogen (secondary N) is 1. The van der Waals surface area contributed by atoms with Gasteiger partial charge in [-0.2, -0.15) is 10.1 Å². The van der Waals surface area contributed by atoms with E-state index in [1.165, 1.54) is 6.33 Å². The second-order valence-corrected chi connectivity index (χ2v) is 7.73. The van der Waals surface area contributed by atoms with E-state index in [0.29, 0.717) is 30.5 Å². The fourth-order valence-corrected chi connectivity index (χ4v) is 3.99. The Labute approximate surface area is 158 Å². The number of carbonyl (C=O) groups excluding carboxylic acids is 1. The van der Waals surface area contributed by atoms with Crippen molar-refractivity contribution in [3.63, 3.8) is 0 Å². The van der Waals surface area contributed by atoms with Crippen molar-refractivity contribution < 1.29 is 14.3 Å². The molecule has 2 aromatic rings. The highest BCUT2D eigenvalue weighted by Crippen LogP contribution is 2.46. The lowest BCUT2D eigenvalue weighted by Crippen LogP contribution is -2.36. The van der Waals surface area contributed by atoms with Crippen molar-refractivity contribution in [2.75, 3.05) is 19.0 Å². The number of carbonyl (C=O) groups is 1. The van der Waals surface area contributed by atoms with Gasteiger partial charge in [-0.25, -0.2) is 4.68 Å². The zero-order valence-electron chi connectivity index (χ0n) is 16.1. The Morgan fingerprint density at radius 2 is 2.11 bits per heavy atom. The first-order valence-corrected chi connectivity index (χ1v) is 9.17. The predicted octanol–water partition coefficient (Wildman–Crippen LogP) is 3.34. The number of rotatable bonds is 4. The number of nitrogens with zero attached hydrogens (tertiary/aromatic N) is 3. The normalized spacial score (nSPS) is 20.6. The maximum absolute atomic E-state index is 13.1. The quantitative estimate of drug-likeness (QED) is 0.892. The Hall–Kier alpha value is -2.83. The van der Waals surface area contributed by atoms with Crippen molar-refractivity contribution in [1.82, 2.24) is 14.8 Å². The molecule has 0 saturated heterocycles. The molecule has 7 nitrogen and oxygen atoms in total. The van der Waals surface area contributed by atoms with Gasteiger partial charge in [0.15, 0.2) is 17.3 Å². The molecule has 2 heterocycles. The fourth-order valence-electron chi connectivity index (χ4n) is 3.99. The minimum atomic E-state index is -0.327. The van der Waals surface area contributed by atoms with Crippen LogP contribution in [0.3, 0.4) is 0 Å². The van der Waals surface area contributed by atoms with Crippen LogP contribution in [-0.2, 0) is 4.79 Å². The van der Waals surface area contributed by atoms with Gasteiger partial charge in [-0.3, -0.25) is 4.79 Å². The first-order valence-electron chi connectivity index (χ1n) is 9.17. The van der Waals surface area contributed by atoms with Crippen LogP contribution in [0.5, 0.6) is 11.5 Å². The summed E-state index contributed by atoms with van der Waals surface area (Å²) in [5, 5.41) is 7.69. The van der Waals surface area contributed by atoms with Gasteiger partial charge in [0, 0.05) is 17.7 Å². The molecular formula is C20H24N4O3.